The third-order valence-corrected chi connectivity index (χ3v) is 4.86. The molecule has 1 heterocycles. The van der Waals surface area contributed by atoms with Gasteiger partial charge in [0.1, 0.15) is 31.0 Å². The van der Waals surface area contributed by atoms with Crippen molar-refractivity contribution in [3.05, 3.63) is 35.9 Å². The highest BCUT2D eigenvalue weighted by atomic mass is 16.7. The van der Waals surface area contributed by atoms with E-state index in [1.807, 2.05) is 30.3 Å². The number of nitrogens with one attached hydrogen (secondary N) is 2. The molecule has 0 radical (unpaired) electrons. The zero-order valence-corrected chi connectivity index (χ0v) is 19.1. The van der Waals surface area contributed by atoms with Gasteiger partial charge in [-0.15, -0.1) is 0 Å². The summed E-state index contributed by atoms with van der Waals surface area (Å²) in [7, 11) is 0. The van der Waals surface area contributed by atoms with Crippen LogP contribution in [-0.2, 0) is 35.1 Å². The number of hydrogen-bond donors (Lipinski definition) is 5. The Labute approximate surface area is 198 Å². The van der Waals surface area contributed by atoms with Crippen LogP contribution in [0, 0.1) is 0 Å². The number of ether oxygens (including phenoxy) is 5. The molecule has 12 heteroatoms. The predicted octanol–water partition coefficient (Wildman–Crippen LogP) is -1.09. The Balaban J connectivity index is 1.51. The van der Waals surface area contributed by atoms with Crippen LogP contribution in [0.4, 0.5) is 4.79 Å². The van der Waals surface area contributed by atoms with Crippen molar-refractivity contribution in [1.82, 2.24) is 10.6 Å². The highest BCUT2D eigenvalue weighted by molar-refractivity contribution is 5.73. The second-order valence-electron chi connectivity index (χ2n) is 7.52. The third-order valence-electron chi connectivity index (χ3n) is 4.86. The summed E-state index contributed by atoms with van der Waals surface area (Å²) in [5.74, 6) is -0.428. The van der Waals surface area contributed by atoms with Crippen LogP contribution < -0.4 is 10.6 Å². The van der Waals surface area contributed by atoms with E-state index in [4.69, 9.17) is 23.7 Å². The zero-order valence-electron chi connectivity index (χ0n) is 19.1. The second kappa shape index (κ2) is 15.6. The first-order valence-electron chi connectivity index (χ1n) is 11.0. The quantitative estimate of drug-likeness (QED) is 0.204. The highest BCUT2D eigenvalue weighted by Crippen LogP contribution is 2.22. The molecule has 0 aromatic heterocycles. The highest BCUT2D eigenvalue weighted by Gasteiger charge is 2.45. The predicted molar refractivity (Wildman–Crippen MR) is 118 cm³/mol. The number of benzene rings is 1. The van der Waals surface area contributed by atoms with E-state index in [0.29, 0.717) is 13.2 Å². The van der Waals surface area contributed by atoms with Crippen LogP contribution in [0.5, 0.6) is 0 Å². The van der Waals surface area contributed by atoms with Crippen molar-refractivity contribution >= 4 is 12.0 Å². The van der Waals surface area contributed by atoms with E-state index < -0.39 is 49.3 Å². The Hall–Kier alpha value is -2.32. The van der Waals surface area contributed by atoms with E-state index in [2.05, 4.69) is 10.6 Å². The molecule has 2 amide bonds. The van der Waals surface area contributed by atoms with E-state index in [1.54, 1.807) is 0 Å². The molecule has 12 nitrogen and oxygen atoms in total. The molecule has 0 saturated carbocycles. The molecule has 1 fully saturated rings. The normalized spacial score (nSPS) is 24.4. The van der Waals surface area contributed by atoms with Crippen molar-refractivity contribution in [1.29, 1.82) is 0 Å². The first-order chi connectivity index (χ1) is 16.4. The van der Waals surface area contributed by atoms with Crippen LogP contribution in [0.15, 0.2) is 30.3 Å². The molecule has 0 unspecified atom stereocenters. The van der Waals surface area contributed by atoms with Crippen LogP contribution in [-0.4, -0.2) is 104 Å². The summed E-state index contributed by atoms with van der Waals surface area (Å²) in [5.41, 5.74) is 0.901. The molecule has 0 bridgehead atoms. The van der Waals surface area contributed by atoms with Gasteiger partial charge in [-0.2, -0.15) is 0 Å². The van der Waals surface area contributed by atoms with Crippen molar-refractivity contribution in [2.24, 2.45) is 0 Å². The fraction of sp³-hybridized carbons (Fsp3) is 0.636. The minimum atomic E-state index is -1.37. The van der Waals surface area contributed by atoms with Gasteiger partial charge in [0, 0.05) is 13.5 Å². The average molecular weight is 487 g/mol. The van der Waals surface area contributed by atoms with Gasteiger partial charge >= 0.3 is 6.09 Å². The molecular formula is C22H34N2O10. The maximum absolute atomic E-state index is 11.6. The summed E-state index contributed by atoms with van der Waals surface area (Å²) in [6, 6.07) is 8.36. The van der Waals surface area contributed by atoms with Crippen molar-refractivity contribution < 1.29 is 48.6 Å². The number of alkyl carbamates (subject to hydrolysis) is 1. The van der Waals surface area contributed by atoms with Gasteiger partial charge in [0.2, 0.25) is 5.91 Å². The Kier molecular flexibility index (Phi) is 12.8. The lowest BCUT2D eigenvalue weighted by Crippen LogP contribution is -2.64. The van der Waals surface area contributed by atoms with Crippen LogP contribution in [0.2, 0.25) is 0 Å². The number of aliphatic hydroxyl groups excluding tert-OH is 3. The Morgan fingerprint density at radius 2 is 1.68 bits per heavy atom. The number of amides is 2. The minimum absolute atomic E-state index is 0.0799. The van der Waals surface area contributed by atoms with Crippen LogP contribution in [0.3, 0.4) is 0 Å². The van der Waals surface area contributed by atoms with Gasteiger partial charge in [-0.1, -0.05) is 30.3 Å². The van der Waals surface area contributed by atoms with Gasteiger partial charge in [-0.25, -0.2) is 4.79 Å². The summed E-state index contributed by atoms with van der Waals surface area (Å²) in [5, 5.41) is 34.5. The Morgan fingerprint density at radius 3 is 2.35 bits per heavy atom. The molecule has 5 N–H and O–H groups in total. The van der Waals surface area contributed by atoms with Crippen LogP contribution in [0.1, 0.15) is 12.5 Å². The molecule has 2 rings (SSSR count). The molecule has 192 valence electrons. The molecule has 5 atom stereocenters. The van der Waals surface area contributed by atoms with E-state index in [0.717, 1.165) is 5.56 Å². The molecule has 1 aromatic rings. The van der Waals surface area contributed by atoms with Crippen molar-refractivity contribution in [3.8, 4) is 0 Å². The van der Waals surface area contributed by atoms with Gasteiger partial charge in [0.05, 0.1) is 39.6 Å². The maximum atomic E-state index is 11.6. The molecule has 1 aromatic carbocycles. The average Bonchev–Trinajstić information content (AvgIpc) is 2.83. The van der Waals surface area contributed by atoms with Crippen molar-refractivity contribution in [2.45, 2.75) is 44.2 Å². The lowest BCUT2D eigenvalue weighted by molar-refractivity contribution is -0.272. The number of hydrogen-bond acceptors (Lipinski definition) is 10. The Bertz CT molecular complexity index is 723. The van der Waals surface area contributed by atoms with Crippen molar-refractivity contribution in [3.63, 3.8) is 0 Å². The SMILES string of the molecule is CC(=O)N[C@H]1[C@H](OCCOCCOCCNC(=O)OCc2ccccc2)O[C@H](CO)[C@H](O)[C@@H]1O. The third kappa shape index (κ3) is 9.89. The maximum Gasteiger partial charge on any atom is 0.407 e. The zero-order chi connectivity index (χ0) is 24.8. The monoisotopic (exact) mass is 486 g/mol. The standard InChI is InChI=1S/C22H34N2O10/c1-15(26)24-18-20(28)19(27)17(13-25)34-21(18)32-12-11-31-10-9-30-8-7-23-22(29)33-14-16-5-3-2-4-6-16/h2-6,17-21,25,27-28H,7-14H2,1H3,(H,23,29)(H,24,26)/t17-,18-,19+,20-,21-/m1/s1. The summed E-state index contributed by atoms with van der Waals surface area (Å²) < 4.78 is 26.8. The minimum Gasteiger partial charge on any atom is -0.445 e. The van der Waals surface area contributed by atoms with Gasteiger partial charge in [0.25, 0.3) is 0 Å². The molecular weight excluding hydrogens is 452 g/mol. The fourth-order valence-electron chi connectivity index (χ4n) is 3.16. The summed E-state index contributed by atoms with van der Waals surface area (Å²) in [6.45, 7) is 2.37. The number of carbonyl (C=O) groups is 2. The lowest BCUT2D eigenvalue weighted by Gasteiger charge is -2.42. The van der Waals surface area contributed by atoms with Gasteiger partial charge in [-0.3, -0.25) is 4.79 Å². The van der Waals surface area contributed by atoms with E-state index in [9.17, 15) is 24.9 Å². The topological polar surface area (TPSA) is 165 Å². The first kappa shape index (κ1) is 27.9. The smallest absolute Gasteiger partial charge is 0.407 e. The molecule has 34 heavy (non-hydrogen) atoms. The molecule has 1 aliphatic rings. The van der Waals surface area contributed by atoms with Crippen LogP contribution in [0.25, 0.3) is 0 Å². The molecule has 1 aliphatic heterocycles. The molecule has 0 aliphatic carbocycles. The second-order valence-corrected chi connectivity index (χ2v) is 7.52. The van der Waals surface area contributed by atoms with E-state index in [-0.39, 0.29) is 33.0 Å². The lowest BCUT2D eigenvalue weighted by atomic mass is 9.97. The van der Waals surface area contributed by atoms with Gasteiger partial charge in [-0.05, 0) is 5.56 Å². The van der Waals surface area contributed by atoms with Crippen LogP contribution >= 0.6 is 0 Å². The fourth-order valence-corrected chi connectivity index (χ4v) is 3.16. The summed E-state index contributed by atoms with van der Waals surface area (Å²) in [4.78, 5) is 23.0. The molecule has 0 spiro atoms. The van der Waals surface area contributed by atoms with E-state index >= 15 is 0 Å². The van der Waals surface area contributed by atoms with E-state index in [1.165, 1.54) is 6.92 Å². The number of rotatable bonds is 14. The largest absolute Gasteiger partial charge is 0.445 e. The molecule has 1 saturated heterocycles. The number of aliphatic hydroxyl groups is 3. The Morgan fingerprint density at radius 1 is 1.00 bits per heavy atom. The van der Waals surface area contributed by atoms with Gasteiger partial charge < -0.3 is 49.6 Å². The summed E-state index contributed by atoms with van der Waals surface area (Å²) in [6.07, 6.45) is -5.35. The van der Waals surface area contributed by atoms with Crippen molar-refractivity contribution in [2.75, 3.05) is 46.2 Å². The van der Waals surface area contributed by atoms with Gasteiger partial charge in [0.15, 0.2) is 6.29 Å². The first-order valence-corrected chi connectivity index (χ1v) is 11.0. The number of carbonyl (C=O) groups excluding carboxylic acids is 2. The summed E-state index contributed by atoms with van der Waals surface area (Å²) >= 11 is 0.